The summed E-state index contributed by atoms with van der Waals surface area (Å²) in [6.07, 6.45) is 0. The number of ether oxygens (including phenoxy) is 10. The van der Waals surface area contributed by atoms with Gasteiger partial charge in [-0.3, -0.25) is 20.2 Å². The SMILES string of the molecule is C=C(C)C(=O)OCCOCCOCCOCCOCCOCCOCCOCCOCCOCCNc1ccc([N+](=O)[O-])cc1[N+](=O)[O-]. The lowest BCUT2D eigenvalue weighted by molar-refractivity contribution is -0.393. The molecule has 18 nitrogen and oxygen atoms in total. The van der Waals surface area contributed by atoms with Crippen molar-refractivity contribution >= 4 is 23.0 Å². The van der Waals surface area contributed by atoms with Crippen LogP contribution in [0, 0.1) is 20.2 Å². The average Bonchev–Trinajstić information content (AvgIpc) is 3.06. The lowest BCUT2D eigenvalue weighted by Crippen LogP contribution is -2.16. The highest BCUT2D eigenvalue weighted by atomic mass is 16.6. The summed E-state index contributed by atoms with van der Waals surface area (Å²) in [6, 6.07) is 3.41. The van der Waals surface area contributed by atoms with Crippen molar-refractivity contribution in [3.05, 3.63) is 50.6 Å². The fourth-order valence-electron chi connectivity index (χ4n) is 3.37. The lowest BCUT2D eigenvalue weighted by atomic mass is 10.2. The Kier molecular flexibility index (Phi) is 26.5. The number of esters is 1. The fourth-order valence-corrected chi connectivity index (χ4v) is 3.37. The van der Waals surface area contributed by atoms with Crippen LogP contribution in [0.4, 0.5) is 17.1 Å². The summed E-state index contributed by atoms with van der Waals surface area (Å²) in [5, 5.41) is 24.8. The number of anilines is 1. The molecule has 18 heteroatoms. The van der Waals surface area contributed by atoms with Gasteiger partial charge in [-0.2, -0.15) is 0 Å². The summed E-state index contributed by atoms with van der Waals surface area (Å²) in [7, 11) is 0. The zero-order chi connectivity index (χ0) is 35.1. The molecule has 0 spiro atoms. The molecular formula is C30H49N3O15. The number of non-ortho nitro benzene ring substituents is 1. The fraction of sp³-hybridized carbons (Fsp3) is 0.700. The van der Waals surface area contributed by atoms with Gasteiger partial charge in [-0.05, 0) is 13.0 Å². The number of hydrogen-bond acceptors (Lipinski definition) is 16. The van der Waals surface area contributed by atoms with Crippen LogP contribution in [0.1, 0.15) is 6.92 Å². The lowest BCUT2D eigenvalue weighted by Gasteiger charge is -2.09. The number of nitro groups is 2. The number of nitro benzene ring substituents is 2. The Hall–Kier alpha value is -3.33. The standard InChI is InChI=1S/C30H49N3O15/c1-26(2)30(34)48-24-23-47-22-21-46-20-19-45-18-17-44-16-15-43-14-13-42-12-11-41-10-9-40-8-7-39-6-5-31-28-4-3-27(32(35)36)25-29(28)33(37)38/h3-4,25,31H,1,5-24H2,2H3. The molecule has 1 rings (SSSR count). The summed E-state index contributed by atoms with van der Waals surface area (Å²) in [4.78, 5) is 31.8. The Labute approximate surface area is 280 Å². The topological polar surface area (TPSA) is 208 Å². The third kappa shape index (κ3) is 23.9. The molecule has 0 saturated carbocycles. The van der Waals surface area contributed by atoms with Crippen LogP contribution in [0.5, 0.6) is 0 Å². The predicted molar refractivity (Wildman–Crippen MR) is 171 cm³/mol. The van der Waals surface area contributed by atoms with Gasteiger partial charge in [0.25, 0.3) is 11.4 Å². The molecule has 0 bridgehead atoms. The van der Waals surface area contributed by atoms with Crippen molar-refractivity contribution in [2.75, 3.05) is 137 Å². The van der Waals surface area contributed by atoms with Gasteiger partial charge in [-0.15, -0.1) is 0 Å². The van der Waals surface area contributed by atoms with Gasteiger partial charge < -0.3 is 52.7 Å². The van der Waals surface area contributed by atoms with E-state index in [1.807, 2.05) is 0 Å². The number of carbonyl (C=O) groups is 1. The molecule has 0 unspecified atom stereocenters. The third-order valence-electron chi connectivity index (χ3n) is 5.74. The van der Waals surface area contributed by atoms with Gasteiger partial charge in [-0.25, -0.2) is 4.79 Å². The molecule has 48 heavy (non-hydrogen) atoms. The summed E-state index contributed by atoms with van der Waals surface area (Å²) < 4.78 is 53.6. The maximum Gasteiger partial charge on any atom is 0.333 e. The first-order valence-corrected chi connectivity index (χ1v) is 15.5. The second kappa shape index (κ2) is 29.8. The van der Waals surface area contributed by atoms with Crippen LogP contribution in [-0.4, -0.2) is 148 Å². The maximum atomic E-state index is 11.2. The molecule has 0 aliphatic carbocycles. The zero-order valence-corrected chi connectivity index (χ0v) is 27.6. The first-order chi connectivity index (χ1) is 23.3. The highest BCUT2D eigenvalue weighted by Crippen LogP contribution is 2.28. The van der Waals surface area contributed by atoms with E-state index in [1.54, 1.807) is 6.92 Å². The molecule has 0 atom stereocenters. The van der Waals surface area contributed by atoms with Crippen molar-refractivity contribution in [2.45, 2.75) is 6.92 Å². The number of benzene rings is 1. The van der Waals surface area contributed by atoms with Crippen LogP contribution >= 0.6 is 0 Å². The van der Waals surface area contributed by atoms with Gasteiger partial charge in [-0.1, -0.05) is 6.58 Å². The van der Waals surface area contributed by atoms with Crippen LogP contribution in [0.25, 0.3) is 0 Å². The number of hydrogen-bond donors (Lipinski definition) is 1. The molecule has 0 aliphatic heterocycles. The number of rotatable bonds is 34. The van der Waals surface area contributed by atoms with E-state index in [0.29, 0.717) is 118 Å². The third-order valence-corrected chi connectivity index (χ3v) is 5.74. The molecule has 0 fully saturated rings. The van der Waals surface area contributed by atoms with Gasteiger partial charge in [0.05, 0.1) is 135 Å². The van der Waals surface area contributed by atoms with Gasteiger partial charge in [0, 0.05) is 18.2 Å². The van der Waals surface area contributed by atoms with E-state index in [2.05, 4.69) is 11.9 Å². The normalized spacial score (nSPS) is 11.0. The second-order valence-corrected chi connectivity index (χ2v) is 9.57. The molecule has 1 aromatic rings. The van der Waals surface area contributed by atoms with Crippen LogP contribution in [0.15, 0.2) is 30.4 Å². The zero-order valence-electron chi connectivity index (χ0n) is 27.6. The van der Waals surface area contributed by atoms with Crippen molar-refractivity contribution in [3.8, 4) is 0 Å². The van der Waals surface area contributed by atoms with Crippen molar-refractivity contribution in [2.24, 2.45) is 0 Å². The predicted octanol–water partition coefficient (Wildman–Crippen LogP) is 2.18. The molecule has 0 radical (unpaired) electrons. The van der Waals surface area contributed by atoms with E-state index < -0.39 is 15.8 Å². The average molecular weight is 692 g/mol. The van der Waals surface area contributed by atoms with Crippen molar-refractivity contribution in [1.29, 1.82) is 0 Å². The summed E-state index contributed by atoms with van der Waals surface area (Å²) in [5.74, 6) is -0.426. The Balaban J connectivity index is 1.74. The largest absolute Gasteiger partial charge is 0.460 e. The summed E-state index contributed by atoms with van der Waals surface area (Å²) in [6.45, 7) is 12.9. The van der Waals surface area contributed by atoms with Crippen molar-refractivity contribution in [3.63, 3.8) is 0 Å². The first kappa shape index (κ1) is 42.7. The van der Waals surface area contributed by atoms with Gasteiger partial charge in [0.1, 0.15) is 12.3 Å². The number of nitrogens with one attached hydrogen (secondary N) is 1. The molecule has 274 valence electrons. The molecule has 0 amide bonds. The van der Waals surface area contributed by atoms with Crippen LogP contribution in [0.3, 0.4) is 0 Å². The van der Waals surface area contributed by atoms with E-state index >= 15 is 0 Å². The molecular weight excluding hydrogens is 642 g/mol. The van der Waals surface area contributed by atoms with Gasteiger partial charge in [0.15, 0.2) is 0 Å². The molecule has 1 N–H and O–H groups in total. The molecule has 0 heterocycles. The number of nitrogens with zero attached hydrogens (tertiary/aromatic N) is 2. The Morgan fingerprint density at radius 1 is 0.604 bits per heavy atom. The molecule has 0 saturated heterocycles. The van der Waals surface area contributed by atoms with Crippen molar-refractivity contribution in [1.82, 2.24) is 0 Å². The monoisotopic (exact) mass is 691 g/mol. The van der Waals surface area contributed by atoms with E-state index in [9.17, 15) is 25.0 Å². The molecule has 0 aromatic heterocycles. The highest BCUT2D eigenvalue weighted by molar-refractivity contribution is 5.86. The summed E-state index contributed by atoms with van der Waals surface area (Å²) in [5.41, 5.74) is -0.181. The Bertz CT molecular complexity index is 1030. The van der Waals surface area contributed by atoms with E-state index in [1.165, 1.54) is 12.1 Å². The van der Waals surface area contributed by atoms with Crippen molar-refractivity contribution < 1.29 is 62.0 Å². The van der Waals surface area contributed by atoms with E-state index in [-0.39, 0.29) is 36.8 Å². The van der Waals surface area contributed by atoms with Crippen LogP contribution in [-0.2, 0) is 52.2 Å². The number of carbonyl (C=O) groups excluding carboxylic acids is 1. The van der Waals surface area contributed by atoms with Crippen LogP contribution in [0.2, 0.25) is 0 Å². The minimum atomic E-state index is -0.685. The Morgan fingerprint density at radius 2 is 0.958 bits per heavy atom. The van der Waals surface area contributed by atoms with Gasteiger partial charge in [0.2, 0.25) is 0 Å². The van der Waals surface area contributed by atoms with E-state index in [4.69, 9.17) is 47.4 Å². The minimum Gasteiger partial charge on any atom is -0.460 e. The highest BCUT2D eigenvalue weighted by Gasteiger charge is 2.19. The maximum absolute atomic E-state index is 11.2. The van der Waals surface area contributed by atoms with Gasteiger partial charge >= 0.3 is 5.97 Å². The smallest absolute Gasteiger partial charge is 0.333 e. The summed E-state index contributed by atoms with van der Waals surface area (Å²) >= 11 is 0. The Morgan fingerprint density at radius 3 is 1.29 bits per heavy atom. The quantitative estimate of drug-likeness (QED) is 0.0361. The first-order valence-electron chi connectivity index (χ1n) is 15.5. The van der Waals surface area contributed by atoms with Crippen LogP contribution < -0.4 is 5.32 Å². The second-order valence-electron chi connectivity index (χ2n) is 9.57. The van der Waals surface area contributed by atoms with E-state index in [0.717, 1.165) is 6.07 Å². The molecule has 1 aromatic carbocycles. The minimum absolute atomic E-state index is 0.181. The molecule has 0 aliphatic rings.